The van der Waals surface area contributed by atoms with Crippen LogP contribution in [0.1, 0.15) is 26.2 Å². The zero-order valence-electron chi connectivity index (χ0n) is 12.1. The van der Waals surface area contributed by atoms with Gasteiger partial charge in [-0.2, -0.15) is 15.0 Å². The first-order valence-corrected chi connectivity index (χ1v) is 7.52. The van der Waals surface area contributed by atoms with E-state index in [0.29, 0.717) is 11.9 Å². The van der Waals surface area contributed by atoms with Crippen molar-refractivity contribution < 1.29 is 4.74 Å². The van der Waals surface area contributed by atoms with Gasteiger partial charge < -0.3 is 15.0 Å². The zero-order chi connectivity index (χ0) is 14.4. The summed E-state index contributed by atoms with van der Waals surface area (Å²) in [6, 6.07) is 0.270. The lowest BCUT2D eigenvalue weighted by atomic mass is 9.97. The Morgan fingerprint density at radius 2 is 2.05 bits per heavy atom. The van der Waals surface area contributed by atoms with E-state index < -0.39 is 0 Å². The van der Waals surface area contributed by atoms with Crippen LogP contribution in [0.3, 0.4) is 0 Å². The molecule has 0 amide bonds. The van der Waals surface area contributed by atoms with Crippen LogP contribution in [-0.2, 0) is 0 Å². The molecule has 0 spiro atoms. The van der Waals surface area contributed by atoms with Crippen LogP contribution in [0.25, 0.3) is 0 Å². The molecule has 112 valence electrons. The Morgan fingerprint density at radius 3 is 2.70 bits per heavy atom. The summed E-state index contributed by atoms with van der Waals surface area (Å²) in [5.41, 5.74) is 0. The highest BCUT2D eigenvalue weighted by molar-refractivity contribution is 6.28. The van der Waals surface area contributed by atoms with E-state index in [-0.39, 0.29) is 11.3 Å². The Hall–Kier alpha value is -1.14. The summed E-state index contributed by atoms with van der Waals surface area (Å²) in [6.07, 6.45) is 3.42. The van der Waals surface area contributed by atoms with E-state index in [9.17, 15) is 0 Å². The van der Waals surface area contributed by atoms with Crippen LogP contribution in [0.15, 0.2) is 0 Å². The Labute approximate surface area is 124 Å². The molecule has 0 unspecified atom stereocenters. The van der Waals surface area contributed by atoms with Crippen molar-refractivity contribution in [2.24, 2.45) is 5.92 Å². The van der Waals surface area contributed by atoms with E-state index in [4.69, 9.17) is 16.3 Å². The van der Waals surface area contributed by atoms with Crippen molar-refractivity contribution in [1.82, 2.24) is 20.3 Å². The van der Waals surface area contributed by atoms with Crippen molar-refractivity contribution >= 4 is 17.5 Å². The molecule has 1 aliphatic rings. The fraction of sp³-hybridized carbons (Fsp3) is 0.769. The molecule has 2 rings (SSSR count). The Morgan fingerprint density at radius 1 is 1.30 bits per heavy atom. The number of hydrogen-bond acceptors (Lipinski definition) is 6. The molecule has 0 saturated carbocycles. The maximum absolute atomic E-state index is 5.94. The van der Waals surface area contributed by atoms with Crippen molar-refractivity contribution in [3.63, 3.8) is 0 Å². The SMILES string of the molecule is CCCN(CC1CCNCC1)c1nc(Cl)nc(OC)n1. The van der Waals surface area contributed by atoms with Crippen LogP contribution in [-0.4, -0.2) is 48.2 Å². The predicted molar refractivity (Wildman–Crippen MR) is 79.5 cm³/mol. The molecule has 1 aliphatic heterocycles. The van der Waals surface area contributed by atoms with E-state index in [0.717, 1.165) is 32.6 Å². The topological polar surface area (TPSA) is 63.2 Å². The number of nitrogens with zero attached hydrogens (tertiary/aromatic N) is 4. The molecule has 0 aliphatic carbocycles. The third kappa shape index (κ3) is 4.18. The van der Waals surface area contributed by atoms with E-state index in [2.05, 4.69) is 32.1 Å². The average Bonchev–Trinajstić information content (AvgIpc) is 2.47. The van der Waals surface area contributed by atoms with Gasteiger partial charge >= 0.3 is 6.01 Å². The summed E-state index contributed by atoms with van der Waals surface area (Å²) in [5, 5.41) is 3.57. The minimum atomic E-state index is 0.179. The third-order valence-electron chi connectivity index (χ3n) is 3.47. The largest absolute Gasteiger partial charge is 0.467 e. The van der Waals surface area contributed by atoms with Gasteiger partial charge in [-0.3, -0.25) is 0 Å². The van der Waals surface area contributed by atoms with Crippen LogP contribution < -0.4 is 15.0 Å². The van der Waals surface area contributed by atoms with Gasteiger partial charge in [0.15, 0.2) is 0 Å². The van der Waals surface area contributed by atoms with Gasteiger partial charge in [-0.1, -0.05) is 6.92 Å². The van der Waals surface area contributed by atoms with Crippen LogP contribution >= 0.6 is 11.6 Å². The van der Waals surface area contributed by atoms with E-state index >= 15 is 0 Å². The average molecular weight is 300 g/mol. The second kappa shape index (κ2) is 7.59. The van der Waals surface area contributed by atoms with E-state index in [1.54, 1.807) is 0 Å². The number of hydrogen-bond donors (Lipinski definition) is 1. The number of ether oxygens (including phenoxy) is 1. The summed E-state index contributed by atoms with van der Waals surface area (Å²) >= 11 is 5.94. The molecule has 1 saturated heterocycles. The first kappa shape index (κ1) is 15.3. The molecule has 7 heteroatoms. The number of anilines is 1. The lowest BCUT2D eigenvalue weighted by Crippen LogP contribution is -2.37. The summed E-state index contributed by atoms with van der Waals surface area (Å²) < 4.78 is 5.07. The van der Waals surface area contributed by atoms with Crippen molar-refractivity contribution in [2.45, 2.75) is 26.2 Å². The van der Waals surface area contributed by atoms with Gasteiger partial charge in [0, 0.05) is 13.1 Å². The number of rotatable bonds is 6. The Bertz CT molecular complexity index is 425. The molecule has 0 atom stereocenters. The number of nitrogens with one attached hydrogen (secondary N) is 1. The Balaban J connectivity index is 2.12. The molecule has 2 heterocycles. The molecule has 20 heavy (non-hydrogen) atoms. The number of halogens is 1. The summed E-state index contributed by atoms with van der Waals surface area (Å²) in [4.78, 5) is 14.7. The maximum Gasteiger partial charge on any atom is 0.322 e. The summed E-state index contributed by atoms with van der Waals surface area (Å²) in [7, 11) is 1.53. The van der Waals surface area contributed by atoms with Crippen molar-refractivity contribution in [3.8, 4) is 6.01 Å². The zero-order valence-corrected chi connectivity index (χ0v) is 12.9. The number of piperidine rings is 1. The molecule has 1 aromatic heterocycles. The van der Waals surface area contributed by atoms with Crippen molar-refractivity contribution in [2.75, 3.05) is 38.2 Å². The molecule has 1 fully saturated rings. The first-order valence-electron chi connectivity index (χ1n) is 7.14. The quantitative estimate of drug-likeness (QED) is 0.863. The monoisotopic (exact) mass is 299 g/mol. The molecular weight excluding hydrogens is 278 g/mol. The minimum Gasteiger partial charge on any atom is -0.467 e. The molecule has 1 N–H and O–H groups in total. The molecule has 0 bridgehead atoms. The highest BCUT2D eigenvalue weighted by Crippen LogP contribution is 2.20. The van der Waals surface area contributed by atoms with E-state index in [1.165, 1.54) is 20.0 Å². The van der Waals surface area contributed by atoms with Crippen LogP contribution in [0.2, 0.25) is 5.28 Å². The normalized spacial score (nSPS) is 16.1. The van der Waals surface area contributed by atoms with Gasteiger partial charge in [-0.15, -0.1) is 0 Å². The fourth-order valence-electron chi connectivity index (χ4n) is 2.47. The second-order valence-corrected chi connectivity index (χ2v) is 5.37. The van der Waals surface area contributed by atoms with Gasteiger partial charge in [0.25, 0.3) is 0 Å². The van der Waals surface area contributed by atoms with Crippen LogP contribution in [0.5, 0.6) is 6.01 Å². The lowest BCUT2D eigenvalue weighted by molar-refractivity contribution is 0.365. The maximum atomic E-state index is 5.94. The first-order chi connectivity index (χ1) is 9.72. The van der Waals surface area contributed by atoms with E-state index in [1.807, 2.05) is 0 Å². The predicted octanol–water partition coefficient (Wildman–Crippen LogP) is 1.75. The third-order valence-corrected chi connectivity index (χ3v) is 3.64. The van der Waals surface area contributed by atoms with Crippen LogP contribution in [0, 0.1) is 5.92 Å². The van der Waals surface area contributed by atoms with Crippen molar-refractivity contribution in [3.05, 3.63) is 5.28 Å². The molecule has 6 nitrogen and oxygen atoms in total. The molecular formula is C13H22ClN5O. The summed E-state index contributed by atoms with van der Waals surface area (Å²) in [5.74, 6) is 1.28. The molecule has 1 aromatic rings. The standard InChI is InChI=1S/C13H22ClN5O/c1-3-8-19(9-10-4-6-15-7-5-10)12-16-11(14)17-13(18-12)20-2/h10,15H,3-9H2,1-2H3. The lowest BCUT2D eigenvalue weighted by Gasteiger charge is -2.30. The highest BCUT2D eigenvalue weighted by atomic mass is 35.5. The minimum absolute atomic E-state index is 0.179. The fourth-order valence-corrected chi connectivity index (χ4v) is 2.62. The van der Waals surface area contributed by atoms with Crippen molar-refractivity contribution in [1.29, 1.82) is 0 Å². The number of methoxy groups -OCH3 is 1. The van der Waals surface area contributed by atoms with Gasteiger partial charge in [0.1, 0.15) is 0 Å². The highest BCUT2D eigenvalue weighted by Gasteiger charge is 2.19. The summed E-state index contributed by atoms with van der Waals surface area (Å²) in [6.45, 7) is 6.19. The van der Waals surface area contributed by atoms with Gasteiger partial charge in [-0.05, 0) is 49.9 Å². The number of aromatic nitrogens is 3. The second-order valence-electron chi connectivity index (χ2n) is 5.03. The van der Waals surface area contributed by atoms with Gasteiger partial charge in [0.05, 0.1) is 7.11 Å². The smallest absolute Gasteiger partial charge is 0.322 e. The van der Waals surface area contributed by atoms with Crippen LogP contribution in [0.4, 0.5) is 5.95 Å². The Kier molecular flexibility index (Phi) is 5.79. The molecule has 0 radical (unpaired) electrons. The van der Waals surface area contributed by atoms with Gasteiger partial charge in [-0.25, -0.2) is 0 Å². The van der Waals surface area contributed by atoms with Gasteiger partial charge in [0.2, 0.25) is 11.2 Å². The molecule has 0 aromatic carbocycles.